The largest absolute Gasteiger partial charge is 0.383 e. The summed E-state index contributed by atoms with van der Waals surface area (Å²) in [6, 6.07) is 0.380. The second-order valence-corrected chi connectivity index (χ2v) is 5.00. The van der Waals surface area contributed by atoms with E-state index in [1.165, 1.54) is 12.8 Å². The van der Waals surface area contributed by atoms with E-state index in [4.69, 9.17) is 4.74 Å². The van der Waals surface area contributed by atoms with Gasteiger partial charge in [-0.1, -0.05) is 6.42 Å². The Balaban J connectivity index is 2.02. The fourth-order valence-electron chi connectivity index (χ4n) is 2.14. The Kier molecular flexibility index (Phi) is 7.96. The van der Waals surface area contributed by atoms with Crippen LogP contribution in [0.1, 0.15) is 25.7 Å². The van der Waals surface area contributed by atoms with Crippen LogP contribution < -0.4 is 10.6 Å². The van der Waals surface area contributed by atoms with Crippen molar-refractivity contribution in [1.82, 2.24) is 15.5 Å². The molecule has 0 aliphatic carbocycles. The highest BCUT2D eigenvalue weighted by Crippen LogP contribution is 2.09. The smallest absolute Gasteiger partial charge is 0.221 e. The van der Waals surface area contributed by atoms with Crippen LogP contribution >= 0.6 is 0 Å². The molecule has 0 radical (unpaired) electrons. The summed E-state index contributed by atoms with van der Waals surface area (Å²) >= 11 is 0. The van der Waals surface area contributed by atoms with E-state index < -0.39 is 0 Å². The monoisotopic (exact) mass is 257 g/mol. The zero-order chi connectivity index (χ0) is 13.2. The third kappa shape index (κ3) is 6.93. The first-order valence-electron chi connectivity index (χ1n) is 6.90. The molecule has 0 bridgehead atoms. The molecule has 1 unspecified atom stereocenters. The average molecular weight is 257 g/mol. The Morgan fingerprint density at radius 2 is 2.28 bits per heavy atom. The normalized spacial score (nSPS) is 20.1. The van der Waals surface area contributed by atoms with Crippen molar-refractivity contribution in [3.8, 4) is 0 Å². The lowest BCUT2D eigenvalue weighted by molar-refractivity contribution is -0.121. The summed E-state index contributed by atoms with van der Waals surface area (Å²) in [5.74, 6) is 0.162. The van der Waals surface area contributed by atoms with Crippen molar-refractivity contribution < 1.29 is 9.53 Å². The molecule has 1 aliphatic rings. The summed E-state index contributed by atoms with van der Waals surface area (Å²) in [5, 5.41) is 6.37. The molecule has 1 amide bonds. The molecule has 0 aromatic heterocycles. The number of carbonyl (C=O) groups is 1. The fraction of sp³-hybridized carbons (Fsp3) is 0.923. The van der Waals surface area contributed by atoms with E-state index in [1.54, 1.807) is 7.11 Å². The van der Waals surface area contributed by atoms with Crippen molar-refractivity contribution in [1.29, 1.82) is 0 Å². The third-order valence-corrected chi connectivity index (χ3v) is 3.34. The van der Waals surface area contributed by atoms with Gasteiger partial charge in [0.2, 0.25) is 5.91 Å². The highest BCUT2D eigenvalue weighted by Gasteiger charge is 2.15. The second-order valence-electron chi connectivity index (χ2n) is 5.00. The molecule has 5 heteroatoms. The van der Waals surface area contributed by atoms with Crippen LogP contribution in [0.4, 0.5) is 0 Å². The summed E-state index contributed by atoms with van der Waals surface area (Å²) in [5.41, 5.74) is 0. The maximum atomic E-state index is 11.7. The number of rotatable bonds is 8. The number of nitrogens with one attached hydrogen (secondary N) is 2. The van der Waals surface area contributed by atoms with E-state index in [0.29, 0.717) is 19.0 Å². The van der Waals surface area contributed by atoms with Crippen molar-refractivity contribution in [3.63, 3.8) is 0 Å². The van der Waals surface area contributed by atoms with E-state index in [2.05, 4.69) is 15.5 Å². The van der Waals surface area contributed by atoms with E-state index >= 15 is 0 Å². The van der Waals surface area contributed by atoms with E-state index in [9.17, 15) is 4.79 Å². The number of likely N-dealkylation sites (N-methyl/N-ethyl adjacent to an activating group) is 1. The van der Waals surface area contributed by atoms with Crippen molar-refractivity contribution in [2.45, 2.75) is 31.7 Å². The van der Waals surface area contributed by atoms with Gasteiger partial charge in [-0.25, -0.2) is 0 Å². The molecule has 0 aromatic carbocycles. The number of piperidine rings is 1. The van der Waals surface area contributed by atoms with Crippen LogP contribution in [0.3, 0.4) is 0 Å². The van der Waals surface area contributed by atoms with Crippen LogP contribution in [0.15, 0.2) is 0 Å². The number of amides is 1. The first-order valence-corrected chi connectivity index (χ1v) is 6.90. The molecule has 1 atom stereocenters. The van der Waals surface area contributed by atoms with Crippen molar-refractivity contribution in [3.05, 3.63) is 0 Å². The lowest BCUT2D eigenvalue weighted by Crippen LogP contribution is -2.40. The lowest BCUT2D eigenvalue weighted by atomic mass is 10.0. The van der Waals surface area contributed by atoms with Crippen LogP contribution in [-0.2, 0) is 9.53 Å². The van der Waals surface area contributed by atoms with Gasteiger partial charge < -0.3 is 20.3 Å². The number of hydrogen-bond donors (Lipinski definition) is 2. The minimum absolute atomic E-state index is 0.162. The molecule has 1 aliphatic heterocycles. The predicted octanol–water partition coefficient (Wildman–Crippen LogP) is 0.213. The summed E-state index contributed by atoms with van der Waals surface area (Å²) in [4.78, 5) is 13.9. The number of methoxy groups -OCH3 is 1. The maximum absolute atomic E-state index is 11.7. The lowest BCUT2D eigenvalue weighted by Gasteiger charge is -2.23. The van der Waals surface area contributed by atoms with Crippen LogP contribution in [0.2, 0.25) is 0 Å². The number of hydrogen-bond acceptors (Lipinski definition) is 4. The second kappa shape index (κ2) is 9.30. The van der Waals surface area contributed by atoms with Gasteiger partial charge in [0.15, 0.2) is 0 Å². The summed E-state index contributed by atoms with van der Waals surface area (Å²) in [6.45, 7) is 4.27. The SMILES string of the molecule is COCCN(C)CCNC(=O)CC1CCCCN1. The van der Waals surface area contributed by atoms with Gasteiger partial charge in [0.25, 0.3) is 0 Å². The van der Waals surface area contributed by atoms with Crippen molar-refractivity contribution >= 4 is 5.91 Å². The molecule has 0 saturated carbocycles. The quantitative estimate of drug-likeness (QED) is 0.653. The number of ether oxygens (including phenoxy) is 1. The maximum Gasteiger partial charge on any atom is 0.221 e. The third-order valence-electron chi connectivity index (χ3n) is 3.34. The van der Waals surface area contributed by atoms with Gasteiger partial charge >= 0.3 is 0 Å². The summed E-state index contributed by atoms with van der Waals surface area (Å²) < 4.78 is 5.00. The standard InChI is InChI=1S/C13H27N3O2/c1-16(9-10-18-2)8-7-15-13(17)11-12-5-3-4-6-14-12/h12,14H,3-11H2,1-2H3,(H,15,17). The van der Waals surface area contributed by atoms with Gasteiger partial charge in [-0.05, 0) is 26.4 Å². The molecule has 1 saturated heterocycles. The van der Waals surface area contributed by atoms with Gasteiger partial charge in [0.05, 0.1) is 6.61 Å². The highest BCUT2D eigenvalue weighted by molar-refractivity contribution is 5.76. The number of carbonyl (C=O) groups excluding carboxylic acids is 1. The van der Waals surface area contributed by atoms with Crippen LogP contribution in [0.25, 0.3) is 0 Å². The minimum Gasteiger partial charge on any atom is -0.383 e. The van der Waals surface area contributed by atoms with Gasteiger partial charge in [0.1, 0.15) is 0 Å². The van der Waals surface area contributed by atoms with Crippen LogP contribution in [0.5, 0.6) is 0 Å². The highest BCUT2D eigenvalue weighted by atomic mass is 16.5. The molecule has 1 rings (SSSR count). The van der Waals surface area contributed by atoms with Crippen molar-refractivity contribution in [2.75, 3.05) is 46.9 Å². The zero-order valence-corrected chi connectivity index (χ0v) is 11.7. The first kappa shape index (κ1) is 15.4. The van der Waals surface area contributed by atoms with E-state index in [-0.39, 0.29) is 5.91 Å². The molecule has 2 N–H and O–H groups in total. The van der Waals surface area contributed by atoms with E-state index in [1.807, 2.05) is 7.05 Å². The van der Waals surface area contributed by atoms with Gasteiger partial charge in [-0.3, -0.25) is 4.79 Å². The Labute approximate surface area is 110 Å². The summed E-state index contributed by atoms with van der Waals surface area (Å²) in [6.07, 6.45) is 4.22. The Hall–Kier alpha value is -0.650. The Morgan fingerprint density at radius 3 is 2.94 bits per heavy atom. The topological polar surface area (TPSA) is 53.6 Å². The zero-order valence-electron chi connectivity index (χ0n) is 11.7. The Bertz CT molecular complexity index is 230. The summed E-state index contributed by atoms with van der Waals surface area (Å²) in [7, 11) is 3.74. The molecule has 5 nitrogen and oxygen atoms in total. The fourth-order valence-corrected chi connectivity index (χ4v) is 2.14. The molecular weight excluding hydrogens is 230 g/mol. The van der Waals surface area contributed by atoms with E-state index in [0.717, 1.165) is 32.7 Å². The molecule has 1 heterocycles. The van der Waals surface area contributed by atoms with Crippen molar-refractivity contribution in [2.24, 2.45) is 0 Å². The number of nitrogens with zero attached hydrogens (tertiary/aromatic N) is 1. The Morgan fingerprint density at radius 1 is 1.44 bits per heavy atom. The molecule has 0 aromatic rings. The van der Waals surface area contributed by atoms with Gasteiger partial charge in [-0.15, -0.1) is 0 Å². The first-order chi connectivity index (χ1) is 8.72. The minimum atomic E-state index is 0.162. The molecule has 18 heavy (non-hydrogen) atoms. The van der Waals surface area contributed by atoms with Crippen LogP contribution in [-0.4, -0.2) is 63.8 Å². The molecule has 0 spiro atoms. The van der Waals surface area contributed by atoms with Gasteiger partial charge in [0, 0.05) is 39.2 Å². The molecular formula is C13H27N3O2. The molecule has 106 valence electrons. The predicted molar refractivity (Wildman–Crippen MR) is 72.6 cm³/mol. The molecule has 1 fully saturated rings. The average Bonchev–Trinajstić information content (AvgIpc) is 2.37. The van der Waals surface area contributed by atoms with Crippen LogP contribution in [0, 0.1) is 0 Å². The van der Waals surface area contributed by atoms with Gasteiger partial charge in [-0.2, -0.15) is 0 Å².